The van der Waals surface area contributed by atoms with Crippen molar-refractivity contribution in [1.29, 1.82) is 0 Å². The van der Waals surface area contributed by atoms with E-state index in [-0.39, 0.29) is 0 Å². The van der Waals surface area contributed by atoms with Gasteiger partial charge in [-0.25, -0.2) is 4.99 Å². The third-order valence-corrected chi connectivity index (χ3v) is 0.754. The van der Waals surface area contributed by atoms with Crippen LogP contribution >= 0.6 is 0 Å². The molecule has 0 N–H and O–H groups in total. The summed E-state index contributed by atoms with van der Waals surface area (Å²) in [6, 6.07) is 0. The molecule has 4 nitrogen and oxygen atoms in total. The molecule has 0 saturated carbocycles. The van der Waals surface area contributed by atoms with Gasteiger partial charge in [-0.05, 0) is 0 Å². The largest absolute Gasteiger partial charge is 0.361 e. The van der Waals surface area contributed by atoms with Gasteiger partial charge >= 0.3 is 5.71 Å². The van der Waals surface area contributed by atoms with E-state index < -0.39 is 0 Å². The molecule has 8 heavy (non-hydrogen) atoms. The van der Waals surface area contributed by atoms with Crippen LogP contribution in [0.15, 0.2) is 9.98 Å². The molecule has 0 bridgehead atoms. The highest BCUT2D eigenvalue weighted by molar-refractivity contribution is 6.31. The molecule has 1 aliphatic rings. The number of aliphatic imine (C=N–C) groups is 2. The topological polar surface area (TPSA) is 61.1 Å². The van der Waals surface area contributed by atoms with E-state index in [9.17, 15) is 0 Å². The molecule has 0 aromatic rings. The maximum Gasteiger partial charge on any atom is 0.331 e. The average Bonchev–Trinajstić information content (AvgIpc) is 1.90. The number of nitrogens with zero attached hydrogens (tertiary/aromatic N) is 4. The lowest BCUT2D eigenvalue weighted by atomic mass is 10.4. The SMILES string of the molecule is [N-]=[N+]=C1C=NC=NC1. The Morgan fingerprint density at radius 1 is 1.75 bits per heavy atom. The van der Waals surface area contributed by atoms with Crippen molar-refractivity contribution in [3.05, 3.63) is 5.53 Å². The minimum atomic E-state index is 0.431. The first kappa shape index (κ1) is 4.87. The summed E-state index contributed by atoms with van der Waals surface area (Å²) < 4.78 is 0. The molecule has 0 aromatic carbocycles. The molecule has 1 rings (SSSR count). The lowest BCUT2D eigenvalue weighted by Gasteiger charge is -1.85. The summed E-state index contributed by atoms with van der Waals surface area (Å²) in [7, 11) is 0. The zero-order chi connectivity index (χ0) is 5.82. The molecule has 0 saturated heterocycles. The van der Waals surface area contributed by atoms with Crippen LogP contribution in [0.3, 0.4) is 0 Å². The molecule has 0 amide bonds. The fourth-order valence-corrected chi connectivity index (χ4v) is 0.399. The molecule has 4 heteroatoms. The normalized spacial score (nSPS) is 16.2. The van der Waals surface area contributed by atoms with Gasteiger partial charge in [0.25, 0.3) is 0 Å². The van der Waals surface area contributed by atoms with Crippen molar-refractivity contribution >= 4 is 18.3 Å². The summed E-state index contributed by atoms with van der Waals surface area (Å²) in [4.78, 5) is 10.2. The van der Waals surface area contributed by atoms with E-state index in [1.807, 2.05) is 0 Å². The highest BCUT2D eigenvalue weighted by Crippen LogP contribution is 1.77. The fourth-order valence-electron chi connectivity index (χ4n) is 0.399. The molecule has 0 radical (unpaired) electrons. The smallest absolute Gasteiger partial charge is 0.331 e. The second-order valence-electron chi connectivity index (χ2n) is 1.33. The quantitative estimate of drug-likeness (QED) is 0.304. The lowest BCUT2D eigenvalue weighted by molar-refractivity contribution is -0.00264. The Morgan fingerprint density at radius 3 is 3.00 bits per heavy atom. The summed E-state index contributed by atoms with van der Waals surface area (Å²) in [5.41, 5.74) is 8.61. The average molecular weight is 108 g/mol. The molecular formula is C4H4N4. The van der Waals surface area contributed by atoms with Crippen molar-refractivity contribution in [3.63, 3.8) is 0 Å². The van der Waals surface area contributed by atoms with Gasteiger partial charge in [0.15, 0.2) is 0 Å². The van der Waals surface area contributed by atoms with Crippen molar-refractivity contribution in [3.8, 4) is 0 Å². The van der Waals surface area contributed by atoms with Gasteiger partial charge in [-0.2, -0.15) is 4.79 Å². The van der Waals surface area contributed by atoms with Crippen LogP contribution in [-0.2, 0) is 0 Å². The van der Waals surface area contributed by atoms with Crippen LogP contribution in [0.5, 0.6) is 0 Å². The highest BCUT2D eigenvalue weighted by Gasteiger charge is 2.02. The lowest BCUT2D eigenvalue weighted by Crippen LogP contribution is -2.09. The predicted molar refractivity (Wildman–Crippen MR) is 30.5 cm³/mol. The van der Waals surface area contributed by atoms with Crippen LogP contribution in [-0.4, -0.2) is 29.6 Å². The van der Waals surface area contributed by atoms with E-state index in [4.69, 9.17) is 5.53 Å². The van der Waals surface area contributed by atoms with E-state index in [2.05, 4.69) is 14.8 Å². The standard InChI is InChI=1S/C4H4N4/c5-8-4-1-6-3-7-2-4/h1,3H,2H2. The fraction of sp³-hybridized carbons (Fsp3) is 0.250. The molecule has 0 aliphatic carbocycles. The highest BCUT2D eigenvalue weighted by atomic mass is 14.9. The zero-order valence-electron chi connectivity index (χ0n) is 4.15. The Kier molecular flexibility index (Phi) is 1.30. The Hall–Kier alpha value is -1.28. The maximum absolute atomic E-state index is 8.11. The van der Waals surface area contributed by atoms with Crippen LogP contribution in [0.25, 0.3) is 5.53 Å². The maximum atomic E-state index is 8.11. The molecule has 1 aliphatic heterocycles. The third kappa shape index (κ3) is 0.859. The van der Waals surface area contributed by atoms with E-state index >= 15 is 0 Å². The predicted octanol–water partition coefficient (Wildman–Crippen LogP) is -0.230. The minimum absolute atomic E-state index is 0.431. The summed E-state index contributed by atoms with van der Waals surface area (Å²) in [5, 5.41) is 0. The summed E-state index contributed by atoms with van der Waals surface area (Å²) in [6.45, 7) is 0.431. The van der Waals surface area contributed by atoms with Gasteiger partial charge in [0.2, 0.25) is 0 Å². The van der Waals surface area contributed by atoms with Gasteiger partial charge in [-0.15, -0.1) is 0 Å². The first-order chi connectivity index (χ1) is 3.93. The van der Waals surface area contributed by atoms with Crippen LogP contribution < -0.4 is 0 Å². The molecule has 0 fully saturated rings. The van der Waals surface area contributed by atoms with Gasteiger partial charge < -0.3 is 5.53 Å². The number of rotatable bonds is 0. The van der Waals surface area contributed by atoms with Gasteiger partial charge in [-0.3, -0.25) is 4.99 Å². The second kappa shape index (κ2) is 2.14. The molecular weight excluding hydrogens is 104 g/mol. The monoisotopic (exact) mass is 108 g/mol. The Bertz CT molecular complexity index is 184. The Morgan fingerprint density at radius 2 is 2.62 bits per heavy atom. The first-order valence-electron chi connectivity index (χ1n) is 2.16. The van der Waals surface area contributed by atoms with E-state index in [1.54, 1.807) is 0 Å². The number of hydrogen-bond donors (Lipinski definition) is 0. The summed E-state index contributed by atoms with van der Waals surface area (Å²) in [6.07, 6.45) is 2.89. The Labute approximate surface area is 46.2 Å². The van der Waals surface area contributed by atoms with Gasteiger partial charge in [0.1, 0.15) is 19.1 Å². The summed E-state index contributed by atoms with van der Waals surface area (Å²) in [5.74, 6) is 0. The van der Waals surface area contributed by atoms with E-state index in [0.29, 0.717) is 12.3 Å². The van der Waals surface area contributed by atoms with Crippen molar-refractivity contribution in [1.82, 2.24) is 0 Å². The second-order valence-corrected chi connectivity index (χ2v) is 1.33. The van der Waals surface area contributed by atoms with E-state index in [1.165, 1.54) is 12.6 Å². The Balaban J connectivity index is 2.80. The molecule has 0 unspecified atom stereocenters. The molecule has 0 atom stereocenters. The molecule has 1 heterocycles. The third-order valence-electron chi connectivity index (χ3n) is 0.754. The van der Waals surface area contributed by atoms with Gasteiger partial charge in [-0.1, -0.05) is 0 Å². The van der Waals surface area contributed by atoms with Crippen LogP contribution in [0.2, 0.25) is 0 Å². The van der Waals surface area contributed by atoms with Crippen molar-refractivity contribution in [2.45, 2.75) is 0 Å². The van der Waals surface area contributed by atoms with Gasteiger partial charge in [0, 0.05) is 0 Å². The molecule has 0 spiro atoms. The van der Waals surface area contributed by atoms with Crippen molar-refractivity contribution in [2.24, 2.45) is 9.98 Å². The van der Waals surface area contributed by atoms with Crippen LogP contribution in [0.4, 0.5) is 0 Å². The first-order valence-corrected chi connectivity index (χ1v) is 2.16. The zero-order valence-corrected chi connectivity index (χ0v) is 4.15. The van der Waals surface area contributed by atoms with Crippen LogP contribution in [0.1, 0.15) is 0 Å². The van der Waals surface area contributed by atoms with Gasteiger partial charge in [0.05, 0.1) is 0 Å². The van der Waals surface area contributed by atoms with Crippen molar-refractivity contribution < 1.29 is 4.79 Å². The number of hydrogen-bond acceptors (Lipinski definition) is 2. The van der Waals surface area contributed by atoms with Crippen molar-refractivity contribution in [2.75, 3.05) is 6.54 Å². The summed E-state index contributed by atoms with van der Waals surface area (Å²) >= 11 is 0. The minimum Gasteiger partial charge on any atom is -0.361 e. The molecule has 40 valence electrons. The molecule has 0 aromatic heterocycles. The van der Waals surface area contributed by atoms with E-state index in [0.717, 1.165) is 0 Å². The van der Waals surface area contributed by atoms with Crippen LogP contribution in [0, 0.1) is 0 Å².